The fraction of sp³-hybridized carbons (Fsp3) is 0.917. The molecule has 1 atom stereocenters. The van der Waals surface area contributed by atoms with E-state index >= 15 is 0 Å². The van der Waals surface area contributed by atoms with E-state index in [-0.39, 0.29) is 16.7 Å². The van der Waals surface area contributed by atoms with Crippen LogP contribution in [0.15, 0.2) is 0 Å². The summed E-state index contributed by atoms with van der Waals surface area (Å²) >= 11 is 1.81. The van der Waals surface area contributed by atoms with Crippen molar-refractivity contribution in [3.63, 3.8) is 0 Å². The molecule has 0 saturated heterocycles. The molecule has 0 radical (unpaired) electrons. The summed E-state index contributed by atoms with van der Waals surface area (Å²) in [5.74, 6) is 0.196. The van der Waals surface area contributed by atoms with Gasteiger partial charge < -0.3 is 10.2 Å². The van der Waals surface area contributed by atoms with E-state index in [1.54, 1.807) is 0 Å². The average molecular weight is 246 g/mol. The van der Waals surface area contributed by atoms with Crippen LogP contribution in [0.3, 0.4) is 0 Å². The monoisotopic (exact) mass is 246 g/mol. The highest BCUT2D eigenvalue weighted by Crippen LogP contribution is 2.19. The molecule has 0 aromatic heterocycles. The van der Waals surface area contributed by atoms with Crippen LogP contribution in [0.5, 0.6) is 0 Å². The molecule has 3 nitrogen and oxygen atoms in total. The average Bonchev–Trinajstić information content (AvgIpc) is 2.27. The largest absolute Gasteiger partial charge is 0.342 e. The summed E-state index contributed by atoms with van der Waals surface area (Å²) in [6.07, 6.45) is 2.10. The predicted octanol–water partition coefficient (Wildman–Crippen LogP) is 1.97. The van der Waals surface area contributed by atoms with Crippen LogP contribution < -0.4 is 5.32 Å². The molecule has 0 saturated carbocycles. The van der Waals surface area contributed by atoms with E-state index in [2.05, 4.69) is 25.4 Å². The Morgan fingerprint density at radius 3 is 2.25 bits per heavy atom. The van der Waals surface area contributed by atoms with Crippen molar-refractivity contribution < 1.29 is 4.79 Å². The van der Waals surface area contributed by atoms with Crippen LogP contribution >= 0.6 is 11.8 Å². The summed E-state index contributed by atoms with van der Waals surface area (Å²) in [7, 11) is 0. The minimum absolute atomic E-state index is 0.0914. The maximum Gasteiger partial charge on any atom is 0.239 e. The number of amides is 1. The third-order valence-electron chi connectivity index (χ3n) is 2.83. The lowest BCUT2D eigenvalue weighted by Gasteiger charge is -2.27. The Balaban J connectivity index is 4.15. The summed E-state index contributed by atoms with van der Waals surface area (Å²) in [6, 6.07) is -0.0914. The van der Waals surface area contributed by atoms with E-state index in [1.807, 2.05) is 37.4 Å². The number of nitrogens with zero attached hydrogens (tertiary/aromatic N) is 1. The standard InChI is InChI=1S/C12H26N2OS/c1-7-14(8-2)11(15)10(3)13-9-12(4,5)16-6/h10,13H,7-9H2,1-6H3. The van der Waals surface area contributed by atoms with Crippen molar-refractivity contribution in [3.8, 4) is 0 Å². The molecule has 4 heteroatoms. The molecule has 0 heterocycles. The van der Waals surface area contributed by atoms with Crippen molar-refractivity contribution in [1.29, 1.82) is 0 Å². The van der Waals surface area contributed by atoms with Gasteiger partial charge in [-0.15, -0.1) is 0 Å². The minimum Gasteiger partial charge on any atom is -0.342 e. The zero-order valence-corrected chi connectivity index (χ0v) is 12.3. The highest BCUT2D eigenvalue weighted by atomic mass is 32.2. The zero-order chi connectivity index (χ0) is 12.8. The number of hydrogen-bond donors (Lipinski definition) is 1. The highest BCUT2D eigenvalue weighted by molar-refractivity contribution is 7.99. The molecule has 96 valence electrons. The molecule has 0 aromatic carbocycles. The molecule has 1 unspecified atom stereocenters. The molecule has 0 rings (SSSR count). The molecule has 0 bridgehead atoms. The third-order valence-corrected chi connectivity index (χ3v) is 4.08. The minimum atomic E-state index is -0.0914. The Kier molecular flexibility index (Phi) is 7.07. The molecule has 0 fully saturated rings. The highest BCUT2D eigenvalue weighted by Gasteiger charge is 2.21. The Labute approximate surface area is 104 Å². The number of hydrogen-bond acceptors (Lipinski definition) is 3. The van der Waals surface area contributed by atoms with Crippen molar-refractivity contribution in [2.45, 2.75) is 45.4 Å². The molecule has 1 amide bonds. The second kappa shape index (κ2) is 7.17. The van der Waals surface area contributed by atoms with Gasteiger partial charge in [-0.25, -0.2) is 0 Å². The van der Waals surface area contributed by atoms with Crippen LogP contribution in [0.1, 0.15) is 34.6 Å². The van der Waals surface area contributed by atoms with Gasteiger partial charge in [0.25, 0.3) is 0 Å². The smallest absolute Gasteiger partial charge is 0.239 e. The maximum absolute atomic E-state index is 12.0. The van der Waals surface area contributed by atoms with E-state index < -0.39 is 0 Å². The zero-order valence-electron chi connectivity index (χ0n) is 11.5. The summed E-state index contributed by atoms with van der Waals surface area (Å²) in [4.78, 5) is 13.8. The third kappa shape index (κ3) is 5.21. The van der Waals surface area contributed by atoms with Crippen LogP contribution in [0.25, 0.3) is 0 Å². The normalized spacial score (nSPS) is 13.6. The van der Waals surface area contributed by atoms with Crippen LogP contribution in [0.4, 0.5) is 0 Å². The molecule has 0 aromatic rings. The lowest BCUT2D eigenvalue weighted by atomic mass is 10.2. The fourth-order valence-corrected chi connectivity index (χ4v) is 1.60. The van der Waals surface area contributed by atoms with Crippen molar-refractivity contribution in [2.24, 2.45) is 0 Å². The number of likely N-dealkylation sites (N-methyl/N-ethyl adjacent to an activating group) is 1. The van der Waals surface area contributed by atoms with Crippen LogP contribution in [-0.2, 0) is 4.79 Å². The lowest BCUT2D eigenvalue weighted by Crippen LogP contribution is -2.47. The molecular weight excluding hydrogens is 220 g/mol. The molecule has 0 aliphatic carbocycles. The Hall–Kier alpha value is -0.220. The van der Waals surface area contributed by atoms with E-state index in [1.165, 1.54) is 0 Å². The van der Waals surface area contributed by atoms with Crippen LogP contribution in [0.2, 0.25) is 0 Å². The molecule has 16 heavy (non-hydrogen) atoms. The second-order valence-electron chi connectivity index (χ2n) is 4.58. The molecular formula is C12H26N2OS. The SMILES string of the molecule is CCN(CC)C(=O)C(C)NCC(C)(C)SC. The van der Waals surface area contributed by atoms with E-state index in [4.69, 9.17) is 0 Å². The Morgan fingerprint density at radius 2 is 1.88 bits per heavy atom. The number of carbonyl (C=O) groups excluding carboxylic acids is 1. The summed E-state index contributed by atoms with van der Waals surface area (Å²) in [5.41, 5.74) is 0. The summed E-state index contributed by atoms with van der Waals surface area (Å²) in [5, 5.41) is 3.31. The van der Waals surface area contributed by atoms with Gasteiger partial charge in [0.05, 0.1) is 6.04 Å². The first-order chi connectivity index (χ1) is 7.37. The molecule has 0 spiro atoms. The van der Waals surface area contributed by atoms with E-state index in [9.17, 15) is 4.79 Å². The molecule has 1 N–H and O–H groups in total. The molecule has 0 aliphatic heterocycles. The first kappa shape index (κ1) is 15.8. The van der Waals surface area contributed by atoms with Gasteiger partial charge in [-0.05, 0) is 40.9 Å². The van der Waals surface area contributed by atoms with Crippen molar-refractivity contribution >= 4 is 17.7 Å². The summed E-state index contributed by atoms with van der Waals surface area (Å²) < 4.78 is 0.178. The van der Waals surface area contributed by atoms with Crippen LogP contribution in [0, 0.1) is 0 Å². The topological polar surface area (TPSA) is 32.3 Å². The maximum atomic E-state index is 12.0. The Bertz CT molecular complexity index is 215. The van der Waals surface area contributed by atoms with Gasteiger partial charge in [0.1, 0.15) is 0 Å². The first-order valence-corrected chi connectivity index (χ1v) is 7.17. The lowest BCUT2D eigenvalue weighted by molar-refractivity contribution is -0.132. The van der Waals surface area contributed by atoms with Gasteiger partial charge in [-0.1, -0.05) is 0 Å². The summed E-state index contributed by atoms with van der Waals surface area (Å²) in [6.45, 7) is 12.7. The number of rotatable bonds is 7. The van der Waals surface area contributed by atoms with E-state index in [0.717, 1.165) is 19.6 Å². The number of nitrogens with one attached hydrogen (secondary N) is 1. The van der Waals surface area contributed by atoms with E-state index in [0.29, 0.717) is 0 Å². The fourth-order valence-electron chi connectivity index (χ4n) is 1.37. The molecule has 0 aliphatic rings. The van der Waals surface area contributed by atoms with Gasteiger partial charge in [0.15, 0.2) is 0 Å². The first-order valence-electron chi connectivity index (χ1n) is 5.95. The van der Waals surface area contributed by atoms with Crippen molar-refractivity contribution in [3.05, 3.63) is 0 Å². The Morgan fingerprint density at radius 1 is 1.38 bits per heavy atom. The predicted molar refractivity (Wildman–Crippen MR) is 73.0 cm³/mol. The number of thioether (sulfide) groups is 1. The number of carbonyl (C=O) groups is 1. The second-order valence-corrected chi connectivity index (χ2v) is 6.09. The van der Waals surface area contributed by atoms with Gasteiger partial charge in [-0.3, -0.25) is 4.79 Å². The van der Waals surface area contributed by atoms with Crippen molar-refractivity contribution in [1.82, 2.24) is 10.2 Å². The quantitative estimate of drug-likeness (QED) is 0.745. The van der Waals surface area contributed by atoms with Gasteiger partial charge >= 0.3 is 0 Å². The van der Waals surface area contributed by atoms with Gasteiger partial charge in [0.2, 0.25) is 5.91 Å². The van der Waals surface area contributed by atoms with Gasteiger partial charge in [-0.2, -0.15) is 11.8 Å². The van der Waals surface area contributed by atoms with Gasteiger partial charge in [0, 0.05) is 24.4 Å². The van der Waals surface area contributed by atoms with Crippen molar-refractivity contribution in [2.75, 3.05) is 25.9 Å². The van der Waals surface area contributed by atoms with Crippen LogP contribution in [-0.4, -0.2) is 47.5 Å².